The van der Waals surface area contributed by atoms with Crippen molar-refractivity contribution in [3.05, 3.63) is 29.8 Å². The van der Waals surface area contributed by atoms with Gasteiger partial charge in [-0.05, 0) is 37.0 Å². The van der Waals surface area contributed by atoms with Crippen molar-refractivity contribution in [3.63, 3.8) is 0 Å². The summed E-state index contributed by atoms with van der Waals surface area (Å²) in [5.41, 5.74) is 11.3. The number of hydrogen-bond acceptors (Lipinski definition) is 8. The van der Waals surface area contributed by atoms with E-state index in [9.17, 15) is 39.3 Å². The molecule has 36 heavy (non-hydrogen) atoms. The minimum Gasteiger partial charge on any atom is -0.508 e. The van der Waals surface area contributed by atoms with E-state index in [2.05, 4.69) is 16.0 Å². The van der Waals surface area contributed by atoms with Crippen molar-refractivity contribution in [2.45, 2.75) is 70.3 Å². The van der Waals surface area contributed by atoms with Crippen LogP contribution in [0.1, 0.15) is 39.2 Å². The SMILES string of the molecule is CC(C)C(NC(=O)C(N)C(C)O)C(=O)NC(CCC(N)=O)C(=O)NC(Cc1ccc(O)cc1)C(=O)O. The molecule has 0 aliphatic heterocycles. The number of carboxylic acids is 1. The summed E-state index contributed by atoms with van der Waals surface area (Å²) < 4.78 is 0. The van der Waals surface area contributed by atoms with Crippen LogP contribution in [0.4, 0.5) is 0 Å². The summed E-state index contributed by atoms with van der Waals surface area (Å²) in [4.78, 5) is 61.2. The van der Waals surface area contributed by atoms with Gasteiger partial charge in [0.2, 0.25) is 23.6 Å². The minimum atomic E-state index is -1.38. The molecule has 1 rings (SSSR count). The maximum absolute atomic E-state index is 12.9. The number of carboxylic acid groups (broad SMARTS) is 1. The first-order valence-electron chi connectivity index (χ1n) is 11.4. The summed E-state index contributed by atoms with van der Waals surface area (Å²) >= 11 is 0. The summed E-state index contributed by atoms with van der Waals surface area (Å²) in [5.74, 6) is -4.96. The number of phenolic OH excluding ortho intramolecular Hbond substituents is 1. The lowest BCUT2D eigenvalue weighted by molar-refractivity contribution is -0.142. The molecular formula is C23H35N5O8. The quantitative estimate of drug-likeness (QED) is 0.140. The topological polar surface area (TPSA) is 234 Å². The van der Waals surface area contributed by atoms with Crippen molar-refractivity contribution >= 4 is 29.6 Å². The first-order chi connectivity index (χ1) is 16.7. The smallest absolute Gasteiger partial charge is 0.326 e. The van der Waals surface area contributed by atoms with Crippen molar-refractivity contribution in [2.24, 2.45) is 17.4 Å². The number of rotatable bonds is 14. The van der Waals surface area contributed by atoms with Crippen LogP contribution in [0.3, 0.4) is 0 Å². The van der Waals surface area contributed by atoms with Crippen molar-refractivity contribution in [3.8, 4) is 5.75 Å². The average Bonchev–Trinajstić information content (AvgIpc) is 2.79. The van der Waals surface area contributed by atoms with Gasteiger partial charge >= 0.3 is 5.97 Å². The Labute approximate surface area is 208 Å². The molecule has 13 heteroatoms. The van der Waals surface area contributed by atoms with E-state index in [-0.39, 0.29) is 25.0 Å². The number of phenols is 1. The van der Waals surface area contributed by atoms with Gasteiger partial charge in [-0.25, -0.2) is 4.79 Å². The number of aliphatic hydroxyl groups is 1. The maximum atomic E-state index is 12.9. The average molecular weight is 510 g/mol. The highest BCUT2D eigenvalue weighted by Gasteiger charge is 2.32. The minimum absolute atomic E-state index is 0.00918. The lowest BCUT2D eigenvalue weighted by Crippen LogP contribution is -2.59. The van der Waals surface area contributed by atoms with Gasteiger partial charge in [0, 0.05) is 12.8 Å². The molecule has 0 aliphatic carbocycles. The number of hydrogen-bond donors (Lipinski definition) is 8. The number of carbonyl (C=O) groups is 5. The standard InChI is InChI=1S/C23H35N5O8/c1-11(2)19(28-21(33)18(25)12(3)29)22(34)26-15(8-9-17(24)31)20(32)27-16(23(35)36)10-13-4-6-14(30)7-5-13/h4-7,11-12,15-16,18-19,29-30H,8-10,25H2,1-3H3,(H2,24,31)(H,26,34)(H,27,32)(H,28,33)(H,35,36). The monoisotopic (exact) mass is 509 g/mol. The second-order valence-corrected chi connectivity index (χ2v) is 8.83. The molecule has 0 aromatic heterocycles. The number of nitrogens with two attached hydrogens (primary N) is 2. The maximum Gasteiger partial charge on any atom is 0.326 e. The van der Waals surface area contributed by atoms with Gasteiger partial charge in [-0.2, -0.15) is 0 Å². The zero-order valence-electron chi connectivity index (χ0n) is 20.4. The van der Waals surface area contributed by atoms with E-state index < -0.39 is 65.8 Å². The number of primary amides is 1. The van der Waals surface area contributed by atoms with Gasteiger partial charge in [0.15, 0.2) is 0 Å². The van der Waals surface area contributed by atoms with Crippen LogP contribution < -0.4 is 27.4 Å². The van der Waals surface area contributed by atoms with Gasteiger partial charge in [-0.15, -0.1) is 0 Å². The number of aromatic hydroxyl groups is 1. The Morgan fingerprint density at radius 2 is 1.44 bits per heavy atom. The molecule has 1 aromatic carbocycles. The summed E-state index contributed by atoms with van der Waals surface area (Å²) in [5, 5.41) is 35.7. The summed E-state index contributed by atoms with van der Waals surface area (Å²) in [6, 6.07) is 0.596. The Kier molecular flexibility index (Phi) is 11.8. The Balaban J connectivity index is 3.03. The van der Waals surface area contributed by atoms with Gasteiger partial charge in [-0.1, -0.05) is 26.0 Å². The van der Waals surface area contributed by atoms with Crippen LogP contribution in [0.2, 0.25) is 0 Å². The largest absolute Gasteiger partial charge is 0.508 e. The van der Waals surface area contributed by atoms with Crippen LogP contribution in [-0.2, 0) is 30.4 Å². The van der Waals surface area contributed by atoms with E-state index in [1.54, 1.807) is 13.8 Å². The number of carbonyl (C=O) groups excluding carboxylic acids is 4. The molecule has 0 heterocycles. The highest BCUT2D eigenvalue weighted by atomic mass is 16.4. The number of nitrogens with one attached hydrogen (secondary N) is 3. The van der Waals surface area contributed by atoms with Crippen LogP contribution in [0.15, 0.2) is 24.3 Å². The van der Waals surface area contributed by atoms with Crippen LogP contribution in [0.5, 0.6) is 5.75 Å². The number of aliphatic hydroxyl groups excluding tert-OH is 1. The van der Waals surface area contributed by atoms with Crippen LogP contribution in [-0.4, -0.2) is 75.2 Å². The van der Waals surface area contributed by atoms with Gasteiger partial charge < -0.3 is 42.7 Å². The summed E-state index contributed by atoms with van der Waals surface area (Å²) in [6.07, 6.45) is -1.78. The lowest BCUT2D eigenvalue weighted by atomic mass is 10.0. The highest BCUT2D eigenvalue weighted by molar-refractivity contribution is 5.94. The molecule has 4 amide bonds. The molecule has 10 N–H and O–H groups in total. The third-order valence-corrected chi connectivity index (χ3v) is 5.37. The molecule has 5 atom stereocenters. The summed E-state index contributed by atoms with van der Waals surface area (Å²) in [6.45, 7) is 4.58. The van der Waals surface area contributed by atoms with E-state index in [4.69, 9.17) is 11.5 Å². The molecule has 13 nitrogen and oxygen atoms in total. The predicted molar refractivity (Wildman–Crippen MR) is 128 cm³/mol. The molecule has 0 saturated heterocycles. The van der Waals surface area contributed by atoms with Crippen LogP contribution in [0, 0.1) is 5.92 Å². The van der Waals surface area contributed by atoms with Gasteiger partial charge in [0.05, 0.1) is 6.10 Å². The van der Waals surface area contributed by atoms with Crippen molar-refractivity contribution in [1.82, 2.24) is 16.0 Å². The fraction of sp³-hybridized carbons (Fsp3) is 0.522. The molecule has 0 saturated carbocycles. The van der Waals surface area contributed by atoms with E-state index >= 15 is 0 Å². The fourth-order valence-electron chi connectivity index (χ4n) is 3.16. The van der Waals surface area contributed by atoms with Crippen LogP contribution >= 0.6 is 0 Å². The van der Waals surface area contributed by atoms with Gasteiger partial charge in [-0.3, -0.25) is 19.2 Å². The molecule has 5 unspecified atom stereocenters. The molecule has 0 aliphatic rings. The third kappa shape index (κ3) is 9.88. The number of aliphatic carboxylic acids is 1. The first-order valence-corrected chi connectivity index (χ1v) is 11.4. The van der Waals surface area contributed by atoms with Crippen molar-refractivity contribution in [1.29, 1.82) is 0 Å². The Morgan fingerprint density at radius 3 is 1.92 bits per heavy atom. The first kappa shape index (κ1) is 30.3. The summed E-state index contributed by atoms with van der Waals surface area (Å²) in [7, 11) is 0. The molecular weight excluding hydrogens is 474 g/mol. The molecule has 0 fully saturated rings. The molecule has 0 spiro atoms. The lowest BCUT2D eigenvalue weighted by Gasteiger charge is -2.27. The Morgan fingerprint density at radius 1 is 0.889 bits per heavy atom. The van der Waals surface area contributed by atoms with Crippen molar-refractivity contribution < 1.29 is 39.3 Å². The van der Waals surface area contributed by atoms with E-state index in [0.29, 0.717) is 5.56 Å². The second kappa shape index (κ2) is 14.0. The van der Waals surface area contributed by atoms with E-state index in [0.717, 1.165) is 0 Å². The van der Waals surface area contributed by atoms with Gasteiger partial charge in [0.1, 0.15) is 29.9 Å². The van der Waals surface area contributed by atoms with E-state index in [1.165, 1.54) is 31.2 Å². The zero-order valence-corrected chi connectivity index (χ0v) is 20.4. The van der Waals surface area contributed by atoms with E-state index in [1.807, 2.05) is 0 Å². The zero-order chi connectivity index (χ0) is 27.6. The third-order valence-electron chi connectivity index (χ3n) is 5.37. The van der Waals surface area contributed by atoms with Gasteiger partial charge in [0.25, 0.3) is 0 Å². The predicted octanol–water partition coefficient (Wildman–Crippen LogP) is -1.90. The number of benzene rings is 1. The molecule has 1 aromatic rings. The molecule has 0 bridgehead atoms. The second-order valence-electron chi connectivity index (χ2n) is 8.83. The van der Waals surface area contributed by atoms with Crippen molar-refractivity contribution in [2.75, 3.05) is 0 Å². The Bertz CT molecular complexity index is 935. The highest BCUT2D eigenvalue weighted by Crippen LogP contribution is 2.12. The van der Waals surface area contributed by atoms with Crippen LogP contribution in [0.25, 0.3) is 0 Å². The molecule has 0 radical (unpaired) electrons. The Hall–Kier alpha value is -3.71. The normalized spacial score (nSPS) is 15.2. The fourth-order valence-corrected chi connectivity index (χ4v) is 3.16. The molecule has 200 valence electrons. The number of amides is 4.